The number of hydrogen-bond acceptors (Lipinski definition) is 4. The van der Waals surface area contributed by atoms with Crippen molar-refractivity contribution in [3.05, 3.63) is 46.7 Å². The monoisotopic (exact) mass is 351 g/mol. The molecular weight excluding hydrogens is 337 g/mol. The van der Waals surface area contributed by atoms with Crippen molar-refractivity contribution in [3.63, 3.8) is 0 Å². The van der Waals surface area contributed by atoms with Crippen molar-refractivity contribution < 1.29 is 4.79 Å². The van der Waals surface area contributed by atoms with Crippen LogP contribution >= 0.6 is 23.2 Å². The molecule has 8 heteroatoms. The van der Waals surface area contributed by atoms with Crippen LogP contribution in [-0.4, -0.2) is 47.1 Å². The van der Waals surface area contributed by atoms with E-state index in [1.165, 1.54) is 0 Å². The highest BCUT2D eigenvalue weighted by Gasteiger charge is 2.22. The number of nitrogens with one attached hydrogen (secondary N) is 1. The highest BCUT2D eigenvalue weighted by Crippen LogP contribution is 2.25. The Morgan fingerprint density at radius 1 is 1.04 bits per heavy atom. The first-order chi connectivity index (χ1) is 11.1. The number of amides is 2. The maximum absolute atomic E-state index is 12.3. The van der Waals surface area contributed by atoms with Crippen LogP contribution in [-0.2, 0) is 0 Å². The molecule has 2 aromatic rings. The normalized spacial score (nSPS) is 14.7. The largest absolute Gasteiger partial charge is 0.337 e. The lowest BCUT2D eigenvalue weighted by Gasteiger charge is -2.34. The lowest BCUT2D eigenvalue weighted by atomic mass is 10.3. The van der Waals surface area contributed by atoms with Gasteiger partial charge < -0.3 is 15.1 Å². The van der Waals surface area contributed by atoms with E-state index in [0.717, 1.165) is 0 Å². The summed E-state index contributed by atoms with van der Waals surface area (Å²) in [6, 6.07) is 6.64. The number of carbonyl (C=O) groups is 1. The zero-order valence-electron chi connectivity index (χ0n) is 12.2. The third-order valence-electron chi connectivity index (χ3n) is 3.57. The van der Waals surface area contributed by atoms with Crippen LogP contribution in [0.3, 0.4) is 0 Å². The van der Waals surface area contributed by atoms with Gasteiger partial charge in [-0.3, -0.25) is 0 Å². The maximum Gasteiger partial charge on any atom is 0.321 e. The van der Waals surface area contributed by atoms with Gasteiger partial charge in [0.1, 0.15) is 0 Å². The van der Waals surface area contributed by atoms with Crippen LogP contribution in [0.15, 0.2) is 36.7 Å². The molecule has 1 fully saturated rings. The number of nitrogens with zero attached hydrogens (tertiary/aromatic N) is 4. The number of anilines is 2. The van der Waals surface area contributed by atoms with Crippen LogP contribution in [0.25, 0.3) is 0 Å². The summed E-state index contributed by atoms with van der Waals surface area (Å²) in [5, 5.41) is 3.70. The standard InChI is InChI=1S/C15H15Cl2N5O/c16-12-3-2-11(10-13(12)17)20-15(23)22-8-6-21(7-9-22)14-18-4-1-5-19-14/h1-5,10H,6-9H2,(H,20,23). The van der Waals surface area contributed by atoms with Crippen LogP contribution in [0.4, 0.5) is 16.4 Å². The van der Waals surface area contributed by atoms with Crippen molar-refractivity contribution in [2.45, 2.75) is 0 Å². The quantitative estimate of drug-likeness (QED) is 0.902. The molecule has 1 saturated heterocycles. The summed E-state index contributed by atoms with van der Waals surface area (Å²) >= 11 is 11.8. The number of aromatic nitrogens is 2. The molecule has 1 aliphatic rings. The van der Waals surface area contributed by atoms with Gasteiger partial charge in [0.2, 0.25) is 5.95 Å². The molecule has 0 unspecified atom stereocenters. The summed E-state index contributed by atoms with van der Waals surface area (Å²) in [6.07, 6.45) is 3.43. The average Bonchev–Trinajstić information content (AvgIpc) is 2.59. The van der Waals surface area contributed by atoms with E-state index in [-0.39, 0.29) is 6.03 Å². The number of rotatable bonds is 2. The minimum atomic E-state index is -0.156. The number of urea groups is 1. The van der Waals surface area contributed by atoms with E-state index in [2.05, 4.69) is 20.2 Å². The molecule has 0 spiro atoms. The predicted molar refractivity (Wildman–Crippen MR) is 91.3 cm³/mol. The second-order valence-corrected chi connectivity index (χ2v) is 5.90. The van der Waals surface area contributed by atoms with Gasteiger partial charge in [-0.1, -0.05) is 23.2 Å². The number of benzene rings is 1. The average molecular weight is 352 g/mol. The molecule has 0 atom stereocenters. The lowest BCUT2D eigenvalue weighted by molar-refractivity contribution is 0.208. The highest BCUT2D eigenvalue weighted by atomic mass is 35.5. The topological polar surface area (TPSA) is 61.4 Å². The predicted octanol–water partition coefficient (Wildman–Crippen LogP) is 3.14. The molecule has 0 saturated carbocycles. The second-order valence-electron chi connectivity index (χ2n) is 5.08. The first-order valence-corrected chi connectivity index (χ1v) is 7.92. The van der Waals surface area contributed by atoms with Crippen molar-refractivity contribution in [1.82, 2.24) is 14.9 Å². The molecule has 2 amide bonds. The van der Waals surface area contributed by atoms with Crippen LogP contribution in [0.1, 0.15) is 0 Å². The fourth-order valence-electron chi connectivity index (χ4n) is 2.34. The number of hydrogen-bond donors (Lipinski definition) is 1. The van der Waals surface area contributed by atoms with Crippen LogP contribution in [0.5, 0.6) is 0 Å². The van der Waals surface area contributed by atoms with Crippen LogP contribution < -0.4 is 10.2 Å². The number of halogens is 2. The molecule has 1 aromatic carbocycles. The molecule has 23 heavy (non-hydrogen) atoms. The van der Waals surface area contributed by atoms with Crippen molar-refractivity contribution in [1.29, 1.82) is 0 Å². The number of piperazine rings is 1. The minimum absolute atomic E-state index is 0.156. The second kappa shape index (κ2) is 7.02. The van der Waals surface area contributed by atoms with Gasteiger partial charge in [0, 0.05) is 44.3 Å². The van der Waals surface area contributed by atoms with Gasteiger partial charge in [0.15, 0.2) is 0 Å². The fourth-order valence-corrected chi connectivity index (χ4v) is 2.64. The molecule has 1 aliphatic heterocycles. The molecule has 1 N–H and O–H groups in total. The van der Waals surface area contributed by atoms with E-state index in [1.807, 2.05) is 0 Å². The van der Waals surface area contributed by atoms with Crippen molar-refractivity contribution >= 4 is 40.9 Å². The Bertz CT molecular complexity index is 690. The zero-order chi connectivity index (χ0) is 16.2. The molecule has 2 heterocycles. The molecule has 0 radical (unpaired) electrons. The molecular formula is C15H15Cl2N5O. The third-order valence-corrected chi connectivity index (χ3v) is 4.31. The maximum atomic E-state index is 12.3. The summed E-state index contributed by atoms with van der Waals surface area (Å²) in [6.45, 7) is 2.59. The molecule has 3 rings (SSSR count). The van der Waals surface area contributed by atoms with Gasteiger partial charge in [-0.2, -0.15) is 0 Å². The summed E-state index contributed by atoms with van der Waals surface area (Å²) in [4.78, 5) is 24.6. The smallest absolute Gasteiger partial charge is 0.321 e. The van der Waals surface area contributed by atoms with Gasteiger partial charge in [-0.25, -0.2) is 14.8 Å². The Labute approximate surface area is 144 Å². The molecule has 120 valence electrons. The molecule has 0 bridgehead atoms. The van der Waals surface area contributed by atoms with E-state index >= 15 is 0 Å². The fraction of sp³-hybridized carbons (Fsp3) is 0.267. The zero-order valence-corrected chi connectivity index (χ0v) is 13.8. The highest BCUT2D eigenvalue weighted by molar-refractivity contribution is 6.42. The van der Waals surface area contributed by atoms with Crippen LogP contribution in [0, 0.1) is 0 Å². The Morgan fingerprint density at radius 2 is 1.74 bits per heavy atom. The van der Waals surface area contributed by atoms with Crippen molar-refractivity contribution in [2.75, 3.05) is 36.4 Å². The lowest BCUT2D eigenvalue weighted by Crippen LogP contribution is -2.50. The van der Waals surface area contributed by atoms with E-state index in [4.69, 9.17) is 23.2 Å². The summed E-state index contributed by atoms with van der Waals surface area (Å²) in [5.41, 5.74) is 0.623. The Balaban J connectivity index is 1.57. The minimum Gasteiger partial charge on any atom is -0.337 e. The van der Waals surface area contributed by atoms with Gasteiger partial charge in [0.05, 0.1) is 10.0 Å². The van der Waals surface area contributed by atoms with E-state index in [0.29, 0.717) is 47.9 Å². The van der Waals surface area contributed by atoms with E-state index in [9.17, 15) is 4.79 Å². The number of carbonyl (C=O) groups excluding carboxylic acids is 1. The first kappa shape index (κ1) is 15.8. The summed E-state index contributed by atoms with van der Waals surface area (Å²) in [5.74, 6) is 0.692. The van der Waals surface area contributed by atoms with Gasteiger partial charge in [0.25, 0.3) is 0 Å². The molecule has 0 aliphatic carbocycles. The van der Waals surface area contributed by atoms with E-state index < -0.39 is 0 Å². The SMILES string of the molecule is O=C(Nc1ccc(Cl)c(Cl)c1)N1CCN(c2ncccn2)CC1. The Hall–Kier alpha value is -2.05. The summed E-state index contributed by atoms with van der Waals surface area (Å²) in [7, 11) is 0. The van der Waals surface area contributed by atoms with Crippen molar-refractivity contribution in [2.24, 2.45) is 0 Å². The third kappa shape index (κ3) is 3.83. The van der Waals surface area contributed by atoms with Gasteiger partial charge in [-0.05, 0) is 24.3 Å². The van der Waals surface area contributed by atoms with Gasteiger partial charge >= 0.3 is 6.03 Å². The Kier molecular flexibility index (Phi) is 4.83. The summed E-state index contributed by atoms with van der Waals surface area (Å²) < 4.78 is 0. The van der Waals surface area contributed by atoms with Crippen molar-refractivity contribution in [3.8, 4) is 0 Å². The molecule has 6 nitrogen and oxygen atoms in total. The molecule has 1 aromatic heterocycles. The van der Waals surface area contributed by atoms with Crippen LogP contribution in [0.2, 0.25) is 10.0 Å². The first-order valence-electron chi connectivity index (χ1n) is 7.16. The Morgan fingerprint density at radius 3 is 2.39 bits per heavy atom. The van der Waals surface area contributed by atoms with E-state index in [1.54, 1.807) is 41.6 Å². The van der Waals surface area contributed by atoms with Gasteiger partial charge in [-0.15, -0.1) is 0 Å².